The minimum absolute atomic E-state index is 0.0350. The molecule has 132 valence electrons. The smallest absolute Gasteiger partial charge is 0.282 e. The van der Waals surface area contributed by atoms with E-state index in [1.54, 1.807) is 8.61 Å². The molecule has 1 amide bonds. The highest BCUT2D eigenvalue weighted by Gasteiger charge is 2.39. The first-order chi connectivity index (χ1) is 10.9. The van der Waals surface area contributed by atoms with Crippen LogP contribution < -0.4 is 5.32 Å². The topological polar surface area (TPSA) is 69.7 Å². The van der Waals surface area contributed by atoms with Gasteiger partial charge in [0.15, 0.2) is 0 Å². The highest BCUT2D eigenvalue weighted by Crippen LogP contribution is 2.28. The van der Waals surface area contributed by atoms with Gasteiger partial charge in [0.2, 0.25) is 5.91 Å². The molecule has 3 rings (SSSR count). The fraction of sp³-hybridized carbons (Fsp3) is 0.938. The minimum atomic E-state index is -3.44. The number of carbonyl (C=O) groups excluding carboxylic acids is 1. The number of amides is 1. The van der Waals surface area contributed by atoms with Crippen molar-refractivity contribution >= 4 is 16.1 Å². The van der Waals surface area contributed by atoms with Crippen LogP contribution >= 0.6 is 0 Å². The summed E-state index contributed by atoms with van der Waals surface area (Å²) in [4.78, 5) is 12.3. The Morgan fingerprint density at radius 1 is 1.00 bits per heavy atom. The van der Waals surface area contributed by atoms with Crippen molar-refractivity contribution in [2.45, 2.75) is 52.0 Å². The van der Waals surface area contributed by atoms with Crippen molar-refractivity contribution in [1.82, 2.24) is 13.9 Å². The molecule has 3 fully saturated rings. The van der Waals surface area contributed by atoms with Crippen LogP contribution in [-0.4, -0.2) is 55.2 Å². The van der Waals surface area contributed by atoms with Crippen LogP contribution in [0.25, 0.3) is 0 Å². The van der Waals surface area contributed by atoms with Crippen LogP contribution in [0.4, 0.5) is 0 Å². The zero-order chi connectivity index (χ0) is 16.6. The van der Waals surface area contributed by atoms with E-state index >= 15 is 0 Å². The number of rotatable bonds is 4. The summed E-state index contributed by atoms with van der Waals surface area (Å²) in [5, 5.41) is 3.02. The molecule has 0 aromatic carbocycles. The standard InChI is InChI=1S/C16H29N3O3S/c1-12-8-13(2)10-19(9-12)23(21,22)18-7-3-4-14(11-18)16(20)17-15-5-6-15/h12-15H,3-11H2,1-2H3,(H,17,20). The Morgan fingerprint density at radius 3 is 2.26 bits per heavy atom. The van der Waals surface area contributed by atoms with Crippen molar-refractivity contribution in [1.29, 1.82) is 0 Å². The Kier molecular flexibility index (Phi) is 4.99. The minimum Gasteiger partial charge on any atom is -0.353 e. The lowest BCUT2D eigenvalue weighted by Gasteiger charge is -2.39. The normalized spacial score (nSPS) is 34.3. The van der Waals surface area contributed by atoms with Crippen molar-refractivity contribution < 1.29 is 13.2 Å². The average Bonchev–Trinajstić information content (AvgIpc) is 3.30. The summed E-state index contributed by atoms with van der Waals surface area (Å²) in [6.45, 7) is 6.29. The molecule has 0 radical (unpaired) electrons. The van der Waals surface area contributed by atoms with Crippen molar-refractivity contribution in [2.75, 3.05) is 26.2 Å². The maximum Gasteiger partial charge on any atom is 0.282 e. The SMILES string of the molecule is CC1CC(C)CN(S(=O)(=O)N2CCCC(C(=O)NC3CC3)C2)C1. The van der Waals surface area contributed by atoms with Gasteiger partial charge >= 0.3 is 0 Å². The van der Waals surface area contributed by atoms with E-state index < -0.39 is 10.2 Å². The van der Waals surface area contributed by atoms with Gasteiger partial charge in [-0.05, 0) is 43.9 Å². The molecule has 0 spiro atoms. The molecule has 3 unspecified atom stereocenters. The third-order valence-corrected chi connectivity index (χ3v) is 7.10. The predicted octanol–water partition coefficient (Wildman–Crippen LogP) is 1.20. The van der Waals surface area contributed by atoms with E-state index in [2.05, 4.69) is 19.2 Å². The lowest BCUT2D eigenvalue weighted by molar-refractivity contribution is -0.126. The molecule has 2 heterocycles. The average molecular weight is 343 g/mol. The van der Waals surface area contributed by atoms with Crippen molar-refractivity contribution in [3.63, 3.8) is 0 Å². The summed E-state index contributed by atoms with van der Waals surface area (Å²) in [7, 11) is -3.44. The molecule has 2 saturated heterocycles. The number of carbonyl (C=O) groups is 1. The van der Waals surface area contributed by atoms with Gasteiger partial charge in [0.1, 0.15) is 0 Å². The first-order valence-electron chi connectivity index (χ1n) is 8.92. The van der Waals surface area contributed by atoms with E-state index in [1.807, 2.05) is 0 Å². The summed E-state index contributed by atoms with van der Waals surface area (Å²) in [6.07, 6.45) is 4.75. The Morgan fingerprint density at radius 2 is 1.65 bits per heavy atom. The van der Waals surface area contributed by atoms with Gasteiger partial charge in [-0.25, -0.2) is 0 Å². The Bertz CT molecular complexity index is 537. The van der Waals surface area contributed by atoms with Crippen LogP contribution in [0.2, 0.25) is 0 Å². The second-order valence-electron chi connectivity index (χ2n) is 7.75. The molecule has 0 aromatic heterocycles. The first kappa shape index (κ1) is 17.2. The predicted molar refractivity (Wildman–Crippen MR) is 88.9 cm³/mol. The van der Waals surface area contributed by atoms with Gasteiger partial charge in [0, 0.05) is 32.2 Å². The molecule has 0 bridgehead atoms. The van der Waals surface area contributed by atoms with Gasteiger partial charge in [-0.1, -0.05) is 13.8 Å². The van der Waals surface area contributed by atoms with Crippen molar-refractivity contribution in [3.05, 3.63) is 0 Å². The van der Waals surface area contributed by atoms with Gasteiger partial charge in [-0.2, -0.15) is 17.0 Å². The number of piperidine rings is 2. The van der Waals surface area contributed by atoms with Crippen LogP contribution in [0.15, 0.2) is 0 Å². The summed E-state index contributed by atoms with van der Waals surface area (Å²) in [5.74, 6) is 0.631. The van der Waals surface area contributed by atoms with Gasteiger partial charge < -0.3 is 5.32 Å². The number of nitrogens with one attached hydrogen (secondary N) is 1. The number of hydrogen-bond acceptors (Lipinski definition) is 3. The lowest BCUT2D eigenvalue weighted by atomic mass is 9.94. The lowest BCUT2D eigenvalue weighted by Crippen LogP contribution is -2.53. The molecular weight excluding hydrogens is 314 g/mol. The Hall–Kier alpha value is -0.660. The zero-order valence-electron chi connectivity index (χ0n) is 14.2. The Balaban J connectivity index is 1.65. The van der Waals surface area contributed by atoms with Gasteiger partial charge in [0.25, 0.3) is 10.2 Å². The maximum absolute atomic E-state index is 13.0. The second-order valence-corrected chi connectivity index (χ2v) is 9.68. The summed E-state index contributed by atoms with van der Waals surface area (Å²) in [6, 6.07) is 0.332. The van der Waals surface area contributed by atoms with Crippen molar-refractivity contribution in [3.8, 4) is 0 Å². The van der Waals surface area contributed by atoms with Gasteiger partial charge in [0.05, 0.1) is 5.92 Å². The third-order valence-electron chi connectivity index (χ3n) is 5.17. The van der Waals surface area contributed by atoms with E-state index in [1.165, 1.54) is 0 Å². The van der Waals surface area contributed by atoms with E-state index in [-0.39, 0.29) is 11.8 Å². The molecule has 23 heavy (non-hydrogen) atoms. The summed E-state index contributed by atoms with van der Waals surface area (Å²) >= 11 is 0. The highest BCUT2D eigenvalue weighted by molar-refractivity contribution is 7.86. The third kappa shape index (κ3) is 4.06. The van der Waals surface area contributed by atoms with Crippen LogP contribution in [0.1, 0.15) is 46.0 Å². The van der Waals surface area contributed by atoms with Crippen LogP contribution in [0.3, 0.4) is 0 Å². The summed E-state index contributed by atoms with van der Waals surface area (Å²) < 4.78 is 29.1. The largest absolute Gasteiger partial charge is 0.353 e. The van der Waals surface area contributed by atoms with Crippen LogP contribution in [0, 0.1) is 17.8 Å². The van der Waals surface area contributed by atoms with E-state index in [9.17, 15) is 13.2 Å². The fourth-order valence-corrected chi connectivity index (χ4v) is 5.81. The van der Waals surface area contributed by atoms with Crippen LogP contribution in [-0.2, 0) is 15.0 Å². The monoisotopic (exact) mass is 343 g/mol. The highest BCUT2D eigenvalue weighted by atomic mass is 32.2. The molecule has 7 heteroatoms. The van der Waals surface area contributed by atoms with E-state index in [0.29, 0.717) is 44.1 Å². The molecule has 0 aromatic rings. The molecule has 3 atom stereocenters. The van der Waals surface area contributed by atoms with E-state index in [4.69, 9.17) is 0 Å². The number of hydrogen-bond donors (Lipinski definition) is 1. The zero-order valence-corrected chi connectivity index (χ0v) is 15.0. The van der Waals surface area contributed by atoms with E-state index in [0.717, 1.165) is 32.1 Å². The van der Waals surface area contributed by atoms with Crippen molar-refractivity contribution in [2.24, 2.45) is 17.8 Å². The fourth-order valence-electron chi connectivity index (χ4n) is 3.87. The second kappa shape index (κ2) is 6.69. The molecule has 1 aliphatic carbocycles. The molecule has 1 N–H and O–H groups in total. The number of nitrogens with zero attached hydrogens (tertiary/aromatic N) is 2. The maximum atomic E-state index is 13.0. The molecule has 3 aliphatic rings. The first-order valence-corrected chi connectivity index (χ1v) is 10.3. The quantitative estimate of drug-likeness (QED) is 0.834. The molecule has 2 aliphatic heterocycles. The molecule has 6 nitrogen and oxygen atoms in total. The van der Waals surface area contributed by atoms with Gasteiger partial charge in [-0.15, -0.1) is 0 Å². The van der Waals surface area contributed by atoms with Crippen LogP contribution in [0.5, 0.6) is 0 Å². The molecule has 1 saturated carbocycles. The Labute approximate surface area is 139 Å². The molecular formula is C16H29N3O3S. The summed E-state index contributed by atoms with van der Waals surface area (Å²) in [5.41, 5.74) is 0. The van der Waals surface area contributed by atoms with Gasteiger partial charge in [-0.3, -0.25) is 4.79 Å².